The van der Waals surface area contributed by atoms with Crippen molar-refractivity contribution in [2.75, 3.05) is 45.2 Å². The highest BCUT2D eigenvalue weighted by Gasteiger charge is 2.28. The largest absolute Gasteiger partial charge is 0.383 e. The number of aryl methyl sites for hydroxylation is 2. The summed E-state index contributed by atoms with van der Waals surface area (Å²) in [6.07, 6.45) is 2.68. The average molecular weight is 502 g/mol. The molecule has 0 radical (unpaired) electrons. The summed E-state index contributed by atoms with van der Waals surface area (Å²) >= 11 is 0. The van der Waals surface area contributed by atoms with Gasteiger partial charge in [-0.15, -0.1) is 0 Å². The minimum absolute atomic E-state index is 0.0971. The third-order valence-electron chi connectivity index (χ3n) is 6.46. The Labute approximate surface area is 208 Å². The molecule has 1 fully saturated rings. The van der Waals surface area contributed by atoms with Crippen LogP contribution in [0.4, 0.5) is 5.69 Å². The van der Waals surface area contributed by atoms with Gasteiger partial charge < -0.3 is 15.0 Å². The van der Waals surface area contributed by atoms with Crippen molar-refractivity contribution >= 4 is 27.5 Å². The highest BCUT2D eigenvalue weighted by Crippen LogP contribution is 2.24. The summed E-state index contributed by atoms with van der Waals surface area (Å²) in [5, 5.41) is 2.88. The standard InChI is InChI=1S/C26H35N3O5S/c1-19-9-8-10-24(21(19)3)27-25(30)18-28(15-16-34-4)26(31)23-17-22(12-11-20(23)2)35(32,33)29-13-6-5-7-14-29/h8-12,17H,5-7,13-16,18H2,1-4H3,(H,27,30). The first kappa shape index (κ1) is 26.8. The SMILES string of the molecule is COCCN(CC(=O)Nc1cccc(C)c1C)C(=O)c1cc(S(=O)(=O)N2CCCCC2)ccc1C. The first-order chi connectivity index (χ1) is 16.6. The van der Waals surface area contributed by atoms with E-state index < -0.39 is 15.9 Å². The first-order valence-electron chi connectivity index (χ1n) is 11.9. The highest BCUT2D eigenvalue weighted by atomic mass is 32.2. The van der Waals surface area contributed by atoms with Crippen LogP contribution in [0.2, 0.25) is 0 Å². The van der Waals surface area contributed by atoms with Crippen molar-refractivity contribution in [2.45, 2.75) is 44.9 Å². The Morgan fingerprint density at radius 3 is 2.43 bits per heavy atom. The molecule has 9 heteroatoms. The van der Waals surface area contributed by atoms with Crippen LogP contribution >= 0.6 is 0 Å². The molecule has 0 saturated carbocycles. The van der Waals surface area contributed by atoms with Gasteiger partial charge in [0.15, 0.2) is 0 Å². The summed E-state index contributed by atoms with van der Waals surface area (Å²) in [7, 11) is -2.17. The fourth-order valence-corrected chi connectivity index (χ4v) is 5.66. The van der Waals surface area contributed by atoms with Crippen LogP contribution < -0.4 is 5.32 Å². The number of ether oxygens (including phenoxy) is 1. The molecular formula is C26H35N3O5S. The van der Waals surface area contributed by atoms with Gasteiger partial charge in [-0.2, -0.15) is 4.31 Å². The Balaban J connectivity index is 1.84. The lowest BCUT2D eigenvalue weighted by Crippen LogP contribution is -2.40. The number of sulfonamides is 1. The third kappa shape index (κ3) is 6.48. The maximum absolute atomic E-state index is 13.5. The zero-order valence-corrected chi connectivity index (χ0v) is 21.8. The Kier molecular flexibility index (Phi) is 9.04. The van der Waals surface area contributed by atoms with Crippen LogP contribution in [0.25, 0.3) is 0 Å². The number of anilines is 1. The molecule has 0 spiro atoms. The molecule has 2 aromatic rings. The van der Waals surface area contributed by atoms with E-state index in [1.807, 2.05) is 32.0 Å². The Hall–Kier alpha value is -2.75. The van der Waals surface area contributed by atoms with E-state index in [0.29, 0.717) is 24.3 Å². The number of amides is 2. The van der Waals surface area contributed by atoms with Gasteiger partial charge in [0, 0.05) is 38.0 Å². The van der Waals surface area contributed by atoms with Crippen molar-refractivity contribution in [3.05, 3.63) is 58.7 Å². The van der Waals surface area contributed by atoms with Gasteiger partial charge in [0.2, 0.25) is 15.9 Å². The van der Waals surface area contributed by atoms with Crippen molar-refractivity contribution in [3.8, 4) is 0 Å². The molecule has 2 aromatic carbocycles. The number of hydrogen-bond acceptors (Lipinski definition) is 5. The second-order valence-electron chi connectivity index (χ2n) is 8.96. The van der Waals surface area contributed by atoms with Crippen LogP contribution in [0.3, 0.4) is 0 Å². The number of hydrogen-bond donors (Lipinski definition) is 1. The highest BCUT2D eigenvalue weighted by molar-refractivity contribution is 7.89. The Bertz CT molecular complexity index is 1170. The molecule has 1 N–H and O–H groups in total. The first-order valence-corrected chi connectivity index (χ1v) is 13.3. The number of carbonyl (C=O) groups is 2. The van der Waals surface area contributed by atoms with E-state index in [9.17, 15) is 18.0 Å². The predicted octanol–water partition coefficient (Wildman–Crippen LogP) is 3.51. The lowest BCUT2D eigenvalue weighted by molar-refractivity contribution is -0.117. The summed E-state index contributed by atoms with van der Waals surface area (Å²) in [6.45, 7) is 6.87. The van der Waals surface area contributed by atoms with E-state index in [-0.39, 0.29) is 36.1 Å². The molecule has 35 heavy (non-hydrogen) atoms. The zero-order chi connectivity index (χ0) is 25.6. The second kappa shape index (κ2) is 11.8. The minimum Gasteiger partial charge on any atom is -0.383 e. The molecule has 190 valence electrons. The number of carbonyl (C=O) groups excluding carboxylic acids is 2. The lowest BCUT2D eigenvalue weighted by Gasteiger charge is -2.27. The van der Waals surface area contributed by atoms with Gasteiger partial charge in [-0.3, -0.25) is 9.59 Å². The van der Waals surface area contributed by atoms with Gasteiger partial charge in [0.1, 0.15) is 6.54 Å². The quantitative estimate of drug-likeness (QED) is 0.567. The van der Waals surface area contributed by atoms with E-state index in [2.05, 4.69) is 5.32 Å². The summed E-state index contributed by atoms with van der Waals surface area (Å²) in [6, 6.07) is 10.3. The molecule has 0 bridgehead atoms. The molecular weight excluding hydrogens is 466 g/mol. The average Bonchev–Trinajstić information content (AvgIpc) is 2.85. The van der Waals surface area contributed by atoms with Crippen molar-refractivity contribution < 1.29 is 22.7 Å². The monoisotopic (exact) mass is 501 g/mol. The molecule has 8 nitrogen and oxygen atoms in total. The van der Waals surface area contributed by atoms with Gasteiger partial charge in [-0.1, -0.05) is 24.6 Å². The number of nitrogens with one attached hydrogen (secondary N) is 1. The maximum atomic E-state index is 13.5. The topological polar surface area (TPSA) is 96.0 Å². The minimum atomic E-state index is -3.69. The molecule has 0 aliphatic carbocycles. The van der Waals surface area contributed by atoms with Crippen molar-refractivity contribution in [1.82, 2.24) is 9.21 Å². The molecule has 0 aromatic heterocycles. The zero-order valence-electron chi connectivity index (χ0n) is 21.0. The van der Waals surface area contributed by atoms with Gasteiger partial charge in [0.25, 0.3) is 5.91 Å². The lowest BCUT2D eigenvalue weighted by atomic mass is 10.1. The molecule has 3 rings (SSSR count). The molecule has 0 atom stereocenters. The van der Waals surface area contributed by atoms with Gasteiger partial charge >= 0.3 is 0 Å². The van der Waals surface area contributed by atoms with E-state index in [0.717, 1.165) is 30.4 Å². The van der Waals surface area contributed by atoms with Crippen LogP contribution in [0.5, 0.6) is 0 Å². The number of rotatable bonds is 9. The molecule has 1 aliphatic heterocycles. The smallest absolute Gasteiger partial charge is 0.254 e. The van der Waals surface area contributed by atoms with E-state index in [4.69, 9.17) is 4.74 Å². The normalized spacial score (nSPS) is 14.5. The summed E-state index contributed by atoms with van der Waals surface area (Å²) < 4.78 is 33.0. The van der Waals surface area contributed by atoms with Gasteiger partial charge in [0.05, 0.1) is 11.5 Å². The molecule has 1 saturated heterocycles. The summed E-state index contributed by atoms with van der Waals surface area (Å²) in [5.74, 6) is -0.746. The number of benzene rings is 2. The van der Waals surface area contributed by atoms with Crippen LogP contribution in [0.1, 0.15) is 46.3 Å². The number of nitrogens with zero attached hydrogens (tertiary/aromatic N) is 2. The Morgan fingerprint density at radius 2 is 1.74 bits per heavy atom. The van der Waals surface area contributed by atoms with Gasteiger partial charge in [-0.25, -0.2) is 8.42 Å². The van der Waals surface area contributed by atoms with E-state index >= 15 is 0 Å². The van der Waals surface area contributed by atoms with E-state index in [1.165, 1.54) is 22.4 Å². The Morgan fingerprint density at radius 1 is 1.03 bits per heavy atom. The van der Waals surface area contributed by atoms with Crippen LogP contribution in [0, 0.1) is 20.8 Å². The summed E-state index contributed by atoms with van der Waals surface area (Å²) in [4.78, 5) is 27.9. The van der Waals surface area contributed by atoms with Gasteiger partial charge in [-0.05, 0) is 68.5 Å². The van der Waals surface area contributed by atoms with Crippen LogP contribution in [-0.4, -0.2) is 69.3 Å². The third-order valence-corrected chi connectivity index (χ3v) is 8.35. The number of methoxy groups -OCH3 is 1. The van der Waals surface area contributed by atoms with E-state index in [1.54, 1.807) is 19.1 Å². The second-order valence-corrected chi connectivity index (χ2v) is 10.9. The molecule has 2 amide bonds. The van der Waals surface area contributed by atoms with Crippen molar-refractivity contribution in [2.24, 2.45) is 0 Å². The number of piperidine rings is 1. The maximum Gasteiger partial charge on any atom is 0.254 e. The predicted molar refractivity (Wildman–Crippen MR) is 136 cm³/mol. The fourth-order valence-electron chi connectivity index (χ4n) is 4.12. The van der Waals surface area contributed by atoms with Crippen LogP contribution in [0.15, 0.2) is 41.3 Å². The molecule has 0 unspecified atom stereocenters. The fraction of sp³-hybridized carbons (Fsp3) is 0.462. The molecule has 1 aliphatic rings. The van der Waals surface area contributed by atoms with Crippen molar-refractivity contribution in [1.29, 1.82) is 0 Å². The molecule has 1 heterocycles. The summed E-state index contributed by atoms with van der Waals surface area (Å²) in [5.41, 5.74) is 3.61. The van der Waals surface area contributed by atoms with Crippen LogP contribution in [-0.2, 0) is 19.6 Å². The van der Waals surface area contributed by atoms with Crippen molar-refractivity contribution in [3.63, 3.8) is 0 Å².